The van der Waals surface area contributed by atoms with Crippen molar-refractivity contribution < 1.29 is 0 Å². The highest BCUT2D eigenvalue weighted by Crippen LogP contribution is 2.38. The first-order chi connectivity index (χ1) is 8.70. The smallest absolute Gasteiger partial charge is 0.136 e. The first-order valence-electron chi connectivity index (χ1n) is 5.88. The van der Waals surface area contributed by atoms with Crippen molar-refractivity contribution in [1.29, 1.82) is 0 Å². The van der Waals surface area contributed by atoms with Gasteiger partial charge in [0.25, 0.3) is 0 Å². The molecule has 1 aromatic carbocycles. The SMILES string of the molecule is Nc1cc(Nc2ccc(Cl)cc2)nc(C2CC2)n1. The van der Waals surface area contributed by atoms with E-state index in [0.717, 1.165) is 30.2 Å². The Bertz CT molecular complexity index is 564. The van der Waals surface area contributed by atoms with Crippen molar-refractivity contribution >= 4 is 28.9 Å². The summed E-state index contributed by atoms with van der Waals surface area (Å²) in [5.41, 5.74) is 6.72. The van der Waals surface area contributed by atoms with Crippen LogP contribution in [0.5, 0.6) is 0 Å². The Hall–Kier alpha value is -1.81. The van der Waals surface area contributed by atoms with Crippen molar-refractivity contribution in [2.75, 3.05) is 11.1 Å². The van der Waals surface area contributed by atoms with Gasteiger partial charge in [-0.15, -0.1) is 0 Å². The average Bonchev–Trinajstić information content (AvgIpc) is 3.15. The largest absolute Gasteiger partial charge is 0.384 e. The van der Waals surface area contributed by atoms with Crippen LogP contribution in [0.25, 0.3) is 0 Å². The number of benzene rings is 1. The topological polar surface area (TPSA) is 63.8 Å². The monoisotopic (exact) mass is 260 g/mol. The summed E-state index contributed by atoms with van der Waals surface area (Å²) in [6.07, 6.45) is 2.31. The number of nitrogens with one attached hydrogen (secondary N) is 1. The summed E-state index contributed by atoms with van der Waals surface area (Å²) in [6, 6.07) is 9.20. The quantitative estimate of drug-likeness (QED) is 0.888. The summed E-state index contributed by atoms with van der Waals surface area (Å²) in [5.74, 6) is 2.56. The number of hydrogen-bond donors (Lipinski definition) is 2. The lowest BCUT2D eigenvalue weighted by Gasteiger charge is -2.08. The number of halogens is 1. The Kier molecular flexibility index (Phi) is 2.80. The van der Waals surface area contributed by atoms with Crippen LogP contribution < -0.4 is 11.1 Å². The van der Waals surface area contributed by atoms with Gasteiger partial charge in [0.1, 0.15) is 17.5 Å². The standard InChI is InChI=1S/C13H13ClN4/c14-9-3-5-10(6-4-9)16-12-7-11(15)17-13(18-12)8-1-2-8/h3-8H,1-2H2,(H3,15,16,17,18). The molecule has 1 fully saturated rings. The van der Waals surface area contributed by atoms with E-state index in [2.05, 4.69) is 15.3 Å². The lowest BCUT2D eigenvalue weighted by atomic mass is 10.3. The third kappa shape index (κ3) is 2.54. The Morgan fingerprint density at radius 3 is 2.56 bits per heavy atom. The van der Waals surface area contributed by atoms with Gasteiger partial charge in [-0.3, -0.25) is 0 Å². The van der Waals surface area contributed by atoms with Gasteiger partial charge in [-0.2, -0.15) is 0 Å². The number of rotatable bonds is 3. The summed E-state index contributed by atoms with van der Waals surface area (Å²) in [7, 11) is 0. The van der Waals surface area contributed by atoms with Gasteiger partial charge in [0.05, 0.1) is 0 Å². The van der Waals surface area contributed by atoms with Crippen molar-refractivity contribution in [3.8, 4) is 0 Å². The van der Waals surface area contributed by atoms with Crippen LogP contribution in [0.1, 0.15) is 24.6 Å². The molecule has 0 unspecified atom stereocenters. The molecule has 0 amide bonds. The minimum Gasteiger partial charge on any atom is -0.384 e. The summed E-state index contributed by atoms with van der Waals surface area (Å²) in [6.45, 7) is 0. The zero-order valence-electron chi connectivity index (χ0n) is 9.73. The third-order valence-electron chi connectivity index (χ3n) is 2.82. The molecule has 0 radical (unpaired) electrons. The molecule has 0 atom stereocenters. The zero-order valence-corrected chi connectivity index (χ0v) is 10.5. The van der Waals surface area contributed by atoms with E-state index < -0.39 is 0 Å². The minimum absolute atomic E-state index is 0.485. The van der Waals surface area contributed by atoms with E-state index in [-0.39, 0.29) is 0 Å². The van der Waals surface area contributed by atoms with Crippen molar-refractivity contribution in [3.05, 3.63) is 41.2 Å². The minimum atomic E-state index is 0.485. The van der Waals surface area contributed by atoms with Gasteiger partial charge in [0.15, 0.2) is 0 Å². The molecular formula is C13H13ClN4. The number of hydrogen-bond acceptors (Lipinski definition) is 4. The number of nitrogens with zero attached hydrogens (tertiary/aromatic N) is 2. The number of nitrogens with two attached hydrogens (primary N) is 1. The highest BCUT2D eigenvalue weighted by molar-refractivity contribution is 6.30. The number of anilines is 3. The van der Waals surface area contributed by atoms with E-state index in [1.165, 1.54) is 0 Å². The molecule has 4 nitrogen and oxygen atoms in total. The second-order valence-electron chi connectivity index (χ2n) is 4.44. The van der Waals surface area contributed by atoms with Crippen molar-refractivity contribution in [1.82, 2.24) is 9.97 Å². The molecule has 5 heteroatoms. The van der Waals surface area contributed by atoms with Crippen molar-refractivity contribution in [2.24, 2.45) is 0 Å². The normalized spacial score (nSPS) is 14.5. The van der Waals surface area contributed by atoms with Gasteiger partial charge in [-0.05, 0) is 37.1 Å². The predicted molar refractivity (Wildman–Crippen MR) is 73.2 cm³/mol. The second-order valence-corrected chi connectivity index (χ2v) is 4.88. The van der Waals surface area contributed by atoms with Crippen LogP contribution in [0.3, 0.4) is 0 Å². The van der Waals surface area contributed by atoms with E-state index in [9.17, 15) is 0 Å². The summed E-state index contributed by atoms with van der Waals surface area (Å²) in [5, 5.41) is 3.91. The van der Waals surface area contributed by atoms with Crippen molar-refractivity contribution in [3.63, 3.8) is 0 Å². The van der Waals surface area contributed by atoms with Crippen LogP contribution in [-0.4, -0.2) is 9.97 Å². The van der Waals surface area contributed by atoms with Gasteiger partial charge in [0.2, 0.25) is 0 Å². The van der Waals surface area contributed by atoms with Gasteiger partial charge in [-0.25, -0.2) is 9.97 Å². The maximum Gasteiger partial charge on any atom is 0.136 e. The maximum atomic E-state index is 5.84. The predicted octanol–water partition coefficient (Wildman–Crippen LogP) is 3.33. The first-order valence-corrected chi connectivity index (χ1v) is 6.25. The highest BCUT2D eigenvalue weighted by atomic mass is 35.5. The van der Waals surface area contributed by atoms with Gasteiger partial charge < -0.3 is 11.1 Å². The molecule has 1 saturated carbocycles. The molecule has 3 rings (SSSR count). The lowest BCUT2D eigenvalue weighted by molar-refractivity contribution is 0.936. The van der Waals surface area contributed by atoms with Gasteiger partial charge >= 0.3 is 0 Å². The molecule has 18 heavy (non-hydrogen) atoms. The fourth-order valence-electron chi connectivity index (χ4n) is 1.75. The van der Waals surface area contributed by atoms with E-state index >= 15 is 0 Å². The van der Waals surface area contributed by atoms with E-state index in [1.54, 1.807) is 6.07 Å². The van der Waals surface area contributed by atoms with Gasteiger partial charge in [-0.1, -0.05) is 11.6 Å². The molecule has 0 saturated heterocycles. The van der Waals surface area contributed by atoms with Crippen LogP contribution in [0, 0.1) is 0 Å². The number of aromatic nitrogens is 2. The molecule has 92 valence electrons. The average molecular weight is 261 g/mol. The van der Waals surface area contributed by atoms with Crippen LogP contribution in [0.4, 0.5) is 17.3 Å². The Labute approximate surface area is 110 Å². The summed E-state index contributed by atoms with van der Waals surface area (Å²) >= 11 is 5.84. The summed E-state index contributed by atoms with van der Waals surface area (Å²) < 4.78 is 0. The Morgan fingerprint density at radius 1 is 1.17 bits per heavy atom. The van der Waals surface area contributed by atoms with Gasteiger partial charge in [0, 0.05) is 22.7 Å². The van der Waals surface area contributed by atoms with Crippen LogP contribution in [0.2, 0.25) is 5.02 Å². The highest BCUT2D eigenvalue weighted by Gasteiger charge is 2.27. The van der Waals surface area contributed by atoms with E-state index in [0.29, 0.717) is 16.8 Å². The molecule has 0 spiro atoms. The molecule has 3 N–H and O–H groups in total. The summed E-state index contributed by atoms with van der Waals surface area (Å²) in [4.78, 5) is 8.74. The van der Waals surface area contributed by atoms with Crippen molar-refractivity contribution in [2.45, 2.75) is 18.8 Å². The fraction of sp³-hybridized carbons (Fsp3) is 0.231. The van der Waals surface area contributed by atoms with E-state index in [1.807, 2.05) is 24.3 Å². The molecule has 1 aromatic heterocycles. The molecule has 0 aliphatic heterocycles. The second kappa shape index (κ2) is 4.46. The molecular weight excluding hydrogens is 248 g/mol. The molecule has 1 aliphatic carbocycles. The molecule has 0 bridgehead atoms. The molecule has 1 heterocycles. The maximum absolute atomic E-state index is 5.84. The van der Waals surface area contributed by atoms with Crippen LogP contribution >= 0.6 is 11.6 Å². The first kappa shape index (κ1) is 11.3. The van der Waals surface area contributed by atoms with Crippen LogP contribution in [-0.2, 0) is 0 Å². The number of nitrogen functional groups attached to an aromatic ring is 1. The molecule has 2 aromatic rings. The lowest BCUT2D eigenvalue weighted by Crippen LogP contribution is -2.02. The van der Waals surface area contributed by atoms with Crippen LogP contribution in [0.15, 0.2) is 30.3 Å². The molecule has 1 aliphatic rings. The fourth-order valence-corrected chi connectivity index (χ4v) is 1.88. The third-order valence-corrected chi connectivity index (χ3v) is 3.07. The Balaban J connectivity index is 1.85. The zero-order chi connectivity index (χ0) is 12.5. The Morgan fingerprint density at radius 2 is 1.89 bits per heavy atom. The van der Waals surface area contributed by atoms with E-state index in [4.69, 9.17) is 17.3 Å².